The van der Waals surface area contributed by atoms with Crippen LogP contribution in [0.25, 0.3) is 43.8 Å². The SMILES string of the molecule is c1ccc(-c2ccc(N(c3ccccc3)c3cccc4ccc5ccccc5c34)c(-c3ccccc3)c2)cc1. The Morgan fingerprint density at radius 1 is 0.359 bits per heavy atom. The van der Waals surface area contributed by atoms with Gasteiger partial charge in [-0.2, -0.15) is 0 Å². The smallest absolute Gasteiger partial charge is 0.0546 e. The molecule has 0 heterocycles. The van der Waals surface area contributed by atoms with E-state index < -0.39 is 0 Å². The molecule has 0 saturated carbocycles. The van der Waals surface area contributed by atoms with Gasteiger partial charge in [0.2, 0.25) is 0 Å². The van der Waals surface area contributed by atoms with Crippen molar-refractivity contribution < 1.29 is 0 Å². The molecule has 7 aromatic rings. The summed E-state index contributed by atoms with van der Waals surface area (Å²) in [5, 5.41) is 4.99. The summed E-state index contributed by atoms with van der Waals surface area (Å²) in [6.07, 6.45) is 0. The second-order valence-electron chi connectivity index (χ2n) is 9.80. The van der Waals surface area contributed by atoms with Crippen LogP contribution in [0.2, 0.25) is 0 Å². The van der Waals surface area contributed by atoms with Gasteiger partial charge in [0.05, 0.1) is 11.4 Å². The molecule has 0 atom stereocenters. The molecule has 7 aromatic carbocycles. The minimum Gasteiger partial charge on any atom is -0.309 e. The first-order chi connectivity index (χ1) is 19.4. The second kappa shape index (κ2) is 9.96. The Kier molecular flexibility index (Phi) is 5.88. The summed E-state index contributed by atoms with van der Waals surface area (Å²) in [4.78, 5) is 2.42. The number of hydrogen-bond donors (Lipinski definition) is 0. The predicted octanol–water partition coefficient (Wildman–Crippen LogP) is 10.8. The van der Waals surface area contributed by atoms with Crippen molar-refractivity contribution >= 4 is 38.6 Å². The van der Waals surface area contributed by atoms with Gasteiger partial charge in [-0.1, -0.05) is 133 Å². The maximum absolute atomic E-state index is 2.42. The first-order valence-electron chi connectivity index (χ1n) is 13.4. The van der Waals surface area contributed by atoms with Crippen LogP contribution in [-0.2, 0) is 0 Å². The molecule has 0 radical (unpaired) electrons. The van der Waals surface area contributed by atoms with Crippen LogP contribution in [0.3, 0.4) is 0 Å². The number of nitrogens with zero attached hydrogens (tertiary/aromatic N) is 1. The molecular formula is C38H27N. The fraction of sp³-hybridized carbons (Fsp3) is 0. The number of fused-ring (bicyclic) bond motifs is 3. The highest BCUT2D eigenvalue weighted by molar-refractivity contribution is 6.15. The van der Waals surface area contributed by atoms with Crippen molar-refractivity contribution in [2.24, 2.45) is 0 Å². The number of benzene rings is 7. The molecule has 0 aromatic heterocycles. The van der Waals surface area contributed by atoms with Gasteiger partial charge in [-0.3, -0.25) is 0 Å². The average molecular weight is 498 g/mol. The number of rotatable bonds is 5. The fourth-order valence-electron chi connectivity index (χ4n) is 5.60. The van der Waals surface area contributed by atoms with Gasteiger partial charge in [-0.05, 0) is 63.2 Å². The summed E-state index contributed by atoms with van der Waals surface area (Å²) >= 11 is 0. The van der Waals surface area contributed by atoms with Gasteiger partial charge in [0.25, 0.3) is 0 Å². The maximum Gasteiger partial charge on any atom is 0.0546 e. The first kappa shape index (κ1) is 23.0. The zero-order valence-electron chi connectivity index (χ0n) is 21.5. The Bertz CT molecular complexity index is 1890. The van der Waals surface area contributed by atoms with E-state index in [1.165, 1.54) is 49.5 Å². The van der Waals surface area contributed by atoms with Gasteiger partial charge >= 0.3 is 0 Å². The number of para-hydroxylation sites is 1. The summed E-state index contributed by atoms with van der Waals surface area (Å²) in [6.45, 7) is 0. The molecule has 0 aliphatic carbocycles. The summed E-state index contributed by atoms with van der Waals surface area (Å²) in [7, 11) is 0. The first-order valence-corrected chi connectivity index (χ1v) is 13.4. The van der Waals surface area contributed by atoms with Gasteiger partial charge in [-0.25, -0.2) is 0 Å². The molecule has 0 aliphatic rings. The number of hydrogen-bond acceptors (Lipinski definition) is 1. The predicted molar refractivity (Wildman–Crippen MR) is 167 cm³/mol. The van der Waals surface area contributed by atoms with Gasteiger partial charge in [0, 0.05) is 16.6 Å². The summed E-state index contributed by atoms with van der Waals surface area (Å²) in [5.74, 6) is 0. The van der Waals surface area contributed by atoms with Crippen LogP contribution in [0.15, 0.2) is 164 Å². The molecule has 0 bridgehead atoms. The maximum atomic E-state index is 2.42. The van der Waals surface area contributed by atoms with Gasteiger partial charge in [0.15, 0.2) is 0 Å². The van der Waals surface area contributed by atoms with Crippen LogP contribution in [0, 0.1) is 0 Å². The molecule has 39 heavy (non-hydrogen) atoms. The molecule has 1 heteroatoms. The third-order valence-corrected chi connectivity index (χ3v) is 7.43. The van der Waals surface area contributed by atoms with Gasteiger partial charge in [0.1, 0.15) is 0 Å². The molecule has 0 saturated heterocycles. The van der Waals surface area contributed by atoms with Crippen LogP contribution in [-0.4, -0.2) is 0 Å². The molecule has 184 valence electrons. The molecule has 0 N–H and O–H groups in total. The lowest BCUT2D eigenvalue weighted by Gasteiger charge is -2.30. The van der Waals surface area contributed by atoms with E-state index in [1.807, 2.05) is 0 Å². The molecule has 7 rings (SSSR count). The lowest BCUT2D eigenvalue weighted by atomic mass is 9.95. The van der Waals surface area contributed by atoms with Gasteiger partial charge < -0.3 is 4.90 Å². The van der Waals surface area contributed by atoms with E-state index in [-0.39, 0.29) is 0 Å². The van der Waals surface area contributed by atoms with Crippen LogP contribution in [0.4, 0.5) is 17.1 Å². The van der Waals surface area contributed by atoms with E-state index >= 15 is 0 Å². The highest BCUT2D eigenvalue weighted by Crippen LogP contribution is 2.45. The van der Waals surface area contributed by atoms with Crippen molar-refractivity contribution in [3.8, 4) is 22.3 Å². The van der Waals surface area contributed by atoms with Crippen LogP contribution in [0.1, 0.15) is 0 Å². The number of anilines is 3. The van der Waals surface area contributed by atoms with E-state index in [1.54, 1.807) is 0 Å². The van der Waals surface area contributed by atoms with Crippen molar-refractivity contribution in [1.82, 2.24) is 0 Å². The Hall–Kier alpha value is -5.14. The summed E-state index contributed by atoms with van der Waals surface area (Å²) < 4.78 is 0. The Morgan fingerprint density at radius 3 is 1.74 bits per heavy atom. The highest BCUT2D eigenvalue weighted by atomic mass is 15.1. The lowest BCUT2D eigenvalue weighted by molar-refractivity contribution is 1.30. The lowest BCUT2D eigenvalue weighted by Crippen LogP contribution is -2.12. The van der Waals surface area contributed by atoms with E-state index in [4.69, 9.17) is 0 Å². The molecule has 0 amide bonds. The topological polar surface area (TPSA) is 3.24 Å². The Balaban J connectivity index is 1.55. The fourth-order valence-corrected chi connectivity index (χ4v) is 5.60. The largest absolute Gasteiger partial charge is 0.309 e. The van der Waals surface area contributed by atoms with E-state index in [0.29, 0.717) is 0 Å². The van der Waals surface area contributed by atoms with Crippen LogP contribution < -0.4 is 4.90 Å². The normalized spacial score (nSPS) is 11.1. The third-order valence-electron chi connectivity index (χ3n) is 7.43. The van der Waals surface area contributed by atoms with Crippen molar-refractivity contribution in [2.75, 3.05) is 4.90 Å². The quantitative estimate of drug-likeness (QED) is 0.214. The molecular weight excluding hydrogens is 470 g/mol. The Morgan fingerprint density at radius 2 is 0.974 bits per heavy atom. The Labute approximate surface area is 229 Å². The monoisotopic (exact) mass is 497 g/mol. The van der Waals surface area contributed by atoms with E-state index in [0.717, 1.165) is 11.4 Å². The van der Waals surface area contributed by atoms with Crippen LogP contribution >= 0.6 is 0 Å². The molecule has 0 fully saturated rings. The van der Waals surface area contributed by atoms with Gasteiger partial charge in [-0.15, -0.1) is 0 Å². The molecule has 1 nitrogen and oxygen atoms in total. The highest BCUT2D eigenvalue weighted by Gasteiger charge is 2.20. The second-order valence-corrected chi connectivity index (χ2v) is 9.80. The molecule has 0 spiro atoms. The van der Waals surface area contributed by atoms with Crippen molar-refractivity contribution in [2.45, 2.75) is 0 Å². The summed E-state index contributed by atoms with van der Waals surface area (Å²) in [5.41, 5.74) is 8.24. The third kappa shape index (κ3) is 4.24. The van der Waals surface area contributed by atoms with Crippen molar-refractivity contribution in [3.05, 3.63) is 164 Å². The zero-order valence-corrected chi connectivity index (χ0v) is 21.5. The van der Waals surface area contributed by atoms with Crippen LogP contribution in [0.5, 0.6) is 0 Å². The van der Waals surface area contributed by atoms with Crippen molar-refractivity contribution in [1.29, 1.82) is 0 Å². The summed E-state index contributed by atoms with van der Waals surface area (Å²) in [6, 6.07) is 58.7. The van der Waals surface area contributed by atoms with E-state index in [2.05, 4.69) is 169 Å². The minimum absolute atomic E-state index is 1.13. The molecule has 0 aliphatic heterocycles. The van der Waals surface area contributed by atoms with E-state index in [9.17, 15) is 0 Å². The standard InChI is InChI=1S/C38H27N/c1-4-13-28(14-5-1)32-25-26-36(35(27-32)29-15-6-2-7-16-29)39(33-19-8-3-9-20-33)37-22-12-18-31-24-23-30-17-10-11-21-34(30)38(31)37/h1-27H. The average Bonchev–Trinajstić information content (AvgIpc) is 3.02. The van der Waals surface area contributed by atoms with Crippen molar-refractivity contribution in [3.63, 3.8) is 0 Å². The minimum atomic E-state index is 1.13. The zero-order chi connectivity index (χ0) is 26.0. The molecule has 0 unspecified atom stereocenters.